The van der Waals surface area contributed by atoms with E-state index in [9.17, 15) is 0 Å². The highest BCUT2D eigenvalue weighted by Crippen LogP contribution is 2.18. The van der Waals surface area contributed by atoms with Crippen molar-refractivity contribution in [1.29, 1.82) is 5.26 Å². The third-order valence-electron chi connectivity index (χ3n) is 2.27. The maximum Gasteiger partial charge on any atom is 0.286 e. The first-order chi connectivity index (χ1) is 5.43. The number of nitriles is 1. The van der Waals surface area contributed by atoms with Crippen LogP contribution in [0.2, 0.25) is 0 Å². The summed E-state index contributed by atoms with van der Waals surface area (Å²) in [5.41, 5.74) is 0. The fourth-order valence-corrected chi connectivity index (χ4v) is 1.61. The first-order valence-corrected chi connectivity index (χ1v) is 4.48. The van der Waals surface area contributed by atoms with Gasteiger partial charge in [-0.25, -0.2) is 0 Å². The molecule has 0 saturated heterocycles. The molecule has 0 unspecified atom stereocenters. The van der Waals surface area contributed by atoms with Crippen LogP contribution in [0.4, 0.5) is 0 Å². The topological polar surface area (TPSA) is 33.0 Å². The van der Waals surface area contributed by atoms with Gasteiger partial charge >= 0.3 is 0 Å². The highest BCUT2D eigenvalue weighted by molar-refractivity contribution is 4.66. The van der Waals surface area contributed by atoms with Gasteiger partial charge in [0.25, 0.3) is 6.26 Å². The minimum atomic E-state index is 0.222. The van der Waals surface area contributed by atoms with Crippen molar-refractivity contribution in [3.63, 3.8) is 0 Å². The van der Waals surface area contributed by atoms with Gasteiger partial charge in [-0.2, -0.15) is 5.26 Å². The van der Waals surface area contributed by atoms with Crippen LogP contribution in [0.3, 0.4) is 0 Å². The fourth-order valence-electron chi connectivity index (χ4n) is 1.61. The summed E-state index contributed by atoms with van der Waals surface area (Å²) in [4.78, 5) is 0. The van der Waals surface area contributed by atoms with Gasteiger partial charge in [0, 0.05) is 0 Å². The van der Waals surface area contributed by atoms with Crippen molar-refractivity contribution in [2.75, 3.05) is 0 Å². The predicted molar refractivity (Wildman–Crippen MR) is 42.8 cm³/mol. The molecule has 1 aliphatic carbocycles. The molecule has 1 saturated carbocycles. The van der Waals surface area contributed by atoms with Crippen molar-refractivity contribution >= 4 is 0 Å². The SMILES string of the molecule is N#COC1CCCCCCC1. The lowest BCUT2D eigenvalue weighted by molar-refractivity contribution is 0.131. The second kappa shape index (κ2) is 5.01. The summed E-state index contributed by atoms with van der Waals surface area (Å²) in [5, 5.41) is 8.31. The van der Waals surface area contributed by atoms with Crippen molar-refractivity contribution in [2.24, 2.45) is 0 Å². The quantitative estimate of drug-likeness (QED) is 0.542. The molecule has 0 aliphatic heterocycles. The molecule has 62 valence electrons. The van der Waals surface area contributed by atoms with Crippen LogP contribution in [-0.4, -0.2) is 6.10 Å². The van der Waals surface area contributed by atoms with Gasteiger partial charge in [0.15, 0.2) is 0 Å². The molecule has 0 N–H and O–H groups in total. The van der Waals surface area contributed by atoms with Gasteiger partial charge in [0.2, 0.25) is 0 Å². The summed E-state index contributed by atoms with van der Waals surface area (Å²) in [6.45, 7) is 0. The van der Waals surface area contributed by atoms with E-state index in [2.05, 4.69) is 0 Å². The summed E-state index contributed by atoms with van der Waals surface area (Å²) in [5.74, 6) is 0. The van der Waals surface area contributed by atoms with Crippen LogP contribution < -0.4 is 0 Å². The molecule has 1 aliphatic rings. The van der Waals surface area contributed by atoms with E-state index in [0.29, 0.717) is 0 Å². The van der Waals surface area contributed by atoms with E-state index in [1.54, 1.807) is 6.26 Å². The molecule has 0 amide bonds. The average Bonchev–Trinajstić information content (AvgIpc) is 1.94. The first-order valence-electron chi connectivity index (χ1n) is 4.48. The second-order valence-corrected chi connectivity index (χ2v) is 3.18. The largest absolute Gasteiger partial charge is 0.424 e. The average molecular weight is 153 g/mol. The van der Waals surface area contributed by atoms with Crippen LogP contribution in [-0.2, 0) is 4.74 Å². The molecule has 0 bridgehead atoms. The van der Waals surface area contributed by atoms with E-state index in [4.69, 9.17) is 10.00 Å². The molecule has 0 aromatic rings. The lowest BCUT2D eigenvalue weighted by atomic mass is 9.99. The van der Waals surface area contributed by atoms with Gasteiger partial charge in [-0.15, -0.1) is 0 Å². The Hall–Kier alpha value is -0.710. The van der Waals surface area contributed by atoms with E-state index in [-0.39, 0.29) is 6.10 Å². The molecular formula is C9H15NO. The van der Waals surface area contributed by atoms with Crippen LogP contribution in [0.5, 0.6) is 0 Å². The zero-order chi connectivity index (χ0) is 7.94. The van der Waals surface area contributed by atoms with Crippen LogP contribution >= 0.6 is 0 Å². The van der Waals surface area contributed by atoms with Crippen molar-refractivity contribution in [3.8, 4) is 6.26 Å². The van der Waals surface area contributed by atoms with Gasteiger partial charge in [-0.1, -0.05) is 19.3 Å². The normalized spacial score (nSPS) is 21.4. The molecule has 1 rings (SSSR count). The fraction of sp³-hybridized carbons (Fsp3) is 0.889. The maximum atomic E-state index is 8.31. The summed E-state index contributed by atoms with van der Waals surface area (Å²) >= 11 is 0. The van der Waals surface area contributed by atoms with Gasteiger partial charge in [-0.05, 0) is 25.7 Å². The Labute approximate surface area is 68.2 Å². The van der Waals surface area contributed by atoms with Crippen LogP contribution in [0.1, 0.15) is 44.9 Å². The summed E-state index contributed by atoms with van der Waals surface area (Å²) in [6.07, 6.45) is 10.6. The lowest BCUT2D eigenvalue weighted by Crippen LogP contribution is -2.11. The highest BCUT2D eigenvalue weighted by atomic mass is 16.5. The first kappa shape index (κ1) is 8.39. The Balaban J connectivity index is 2.21. The predicted octanol–water partition coefficient (Wildman–Crippen LogP) is 2.60. The van der Waals surface area contributed by atoms with Crippen molar-refractivity contribution in [3.05, 3.63) is 0 Å². The third kappa shape index (κ3) is 3.27. The minimum Gasteiger partial charge on any atom is -0.424 e. The molecule has 2 heteroatoms. The monoisotopic (exact) mass is 153 g/mol. The smallest absolute Gasteiger partial charge is 0.286 e. The second-order valence-electron chi connectivity index (χ2n) is 3.18. The Bertz CT molecular complexity index is 131. The van der Waals surface area contributed by atoms with Gasteiger partial charge in [0.1, 0.15) is 6.10 Å². The number of hydrogen-bond donors (Lipinski definition) is 0. The zero-order valence-corrected chi connectivity index (χ0v) is 6.88. The van der Waals surface area contributed by atoms with Gasteiger partial charge in [-0.3, -0.25) is 0 Å². The lowest BCUT2D eigenvalue weighted by Gasteiger charge is -2.16. The van der Waals surface area contributed by atoms with Crippen molar-refractivity contribution in [2.45, 2.75) is 51.0 Å². The van der Waals surface area contributed by atoms with E-state index >= 15 is 0 Å². The Morgan fingerprint density at radius 3 is 2.09 bits per heavy atom. The van der Waals surface area contributed by atoms with E-state index in [0.717, 1.165) is 12.8 Å². The van der Waals surface area contributed by atoms with Gasteiger partial charge < -0.3 is 4.74 Å². The Morgan fingerprint density at radius 1 is 1.00 bits per heavy atom. The standard InChI is InChI=1S/C9H15NO/c10-8-11-9-6-4-2-1-3-5-7-9/h9H,1-7H2. The van der Waals surface area contributed by atoms with Crippen molar-refractivity contribution in [1.82, 2.24) is 0 Å². The van der Waals surface area contributed by atoms with Gasteiger partial charge in [0.05, 0.1) is 0 Å². The molecule has 0 aromatic heterocycles. The molecule has 11 heavy (non-hydrogen) atoms. The summed E-state index contributed by atoms with van der Waals surface area (Å²) in [7, 11) is 0. The molecule has 0 radical (unpaired) electrons. The number of nitrogens with zero attached hydrogens (tertiary/aromatic N) is 1. The van der Waals surface area contributed by atoms with Crippen molar-refractivity contribution < 1.29 is 4.74 Å². The molecule has 0 aromatic carbocycles. The van der Waals surface area contributed by atoms with E-state index < -0.39 is 0 Å². The Morgan fingerprint density at radius 2 is 1.55 bits per heavy atom. The van der Waals surface area contributed by atoms with Crippen LogP contribution in [0, 0.1) is 11.5 Å². The molecule has 1 fully saturated rings. The zero-order valence-electron chi connectivity index (χ0n) is 6.88. The molecule has 0 atom stereocenters. The van der Waals surface area contributed by atoms with Crippen LogP contribution in [0.25, 0.3) is 0 Å². The maximum absolute atomic E-state index is 8.31. The minimum absolute atomic E-state index is 0.222. The summed E-state index contributed by atoms with van der Waals surface area (Å²) in [6, 6.07) is 0. The van der Waals surface area contributed by atoms with E-state index in [1.165, 1.54) is 32.1 Å². The molecule has 0 spiro atoms. The van der Waals surface area contributed by atoms with E-state index in [1.807, 2.05) is 0 Å². The highest BCUT2D eigenvalue weighted by Gasteiger charge is 2.11. The molecule has 0 heterocycles. The third-order valence-corrected chi connectivity index (χ3v) is 2.27. The number of ether oxygens (including phenoxy) is 1. The molecule has 2 nitrogen and oxygen atoms in total. The number of hydrogen-bond acceptors (Lipinski definition) is 2. The number of rotatable bonds is 1. The Kier molecular flexibility index (Phi) is 3.82. The molecular weight excluding hydrogens is 138 g/mol. The summed E-state index contributed by atoms with van der Waals surface area (Å²) < 4.78 is 4.92. The van der Waals surface area contributed by atoms with Crippen LogP contribution in [0.15, 0.2) is 0 Å².